The van der Waals surface area contributed by atoms with Crippen molar-refractivity contribution < 1.29 is 120 Å². The van der Waals surface area contributed by atoms with E-state index in [0.717, 1.165) is 76.5 Å². The van der Waals surface area contributed by atoms with E-state index in [-0.39, 0.29) is 106 Å². The number of benzene rings is 2. The number of rotatable bonds is 28. The predicted molar refractivity (Wildman–Crippen MR) is 448 cm³/mol. The summed E-state index contributed by atoms with van der Waals surface area (Å²) < 4.78 is 72.1. The van der Waals surface area contributed by atoms with E-state index in [1.807, 2.05) is 111 Å². The quantitative estimate of drug-likeness (QED) is 0.0346. The highest BCUT2D eigenvalue weighted by atomic mass is 16.7. The summed E-state index contributed by atoms with van der Waals surface area (Å²) in [7, 11) is 0. The fraction of sp³-hybridized carbons (Fsp3) is 0.747. The number of ether oxygens (including phenoxy) is 13. The van der Waals surface area contributed by atoms with Crippen LogP contribution < -0.4 is 9.47 Å². The van der Waals surface area contributed by atoms with Crippen molar-refractivity contribution in [3.8, 4) is 35.1 Å². The van der Waals surface area contributed by atoms with Gasteiger partial charge in [0.15, 0.2) is 24.0 Å². The normalized spacial score (nSPS) is 27.7. The van der Waals surface area contributed by atoms with Gasteiger partial charge in [-0.05, 0) is 270 Å². The topological polar surface area (TPSA) is 379 Å². The minimum atomic E-state index is -0.974. The third-order valence-corrected chi connectivity index (χ3v) is 27.1. The fourth-order valence-corrected chi connectivity index (χ4v) is 16.3. The Labute approximate surface area is 722 Å². The van der Waals surface area contributed by atoms with E-state index in [1.54, 1.807) is 38.1 Å². The molecule has 8 bridgehead atoms. The van der Waals surface area contributed by atoms with Gasteiger partial charge in [0.1, 0.15) is 53.0 Å². The minimum absolute atomic E-state index is 0.00444. The van der Waals surface area contributed by atoms with Crippen LogP contribution in [0.5, 0.6) is 23.0 Å². The summed E-state index contributed by atoms with van der Waals surface area (Å²) >= 11 is 0. The standard InChI is InChI=1S/C21H36O5.C20H34O6.2C15H19NO4.2C12H16O3/c1-7-20(5,6)17(23)24-13-16(22)26-18(25-14-19(2,3)4)21-10-8-15(12-21)9-11-21;1-7-19(5,6)16(22)23-12-15(21)25-17(24-13-18(2,3)4)20-10-8-14(26-20)9-11-20;2*1-4-14(2,3)12(17)19-10-8-5-9-11(10)20-13(18)15(9,6-8)7-16;2*1-4-12(2,3)11(14)15-10-7-5-9(13)6-8-10/h15,18H,7-14H2,1-6H3;14,17H,7-13H2,1-6H3;2*8-11H,4-6H2,1-3H3;2*5-8,13H,4H2,1-3H3. The van der Waals surface area contributed by atoms with E-state index >= 15 is 0 Å². The molecule has 12 rings (SSSR count). The van der Waals surface area contributed by atoms with E-state index in [4.69, 9.17) is 71.8 Å². The Balaban J connectivity index is 0.000000204. The fourth-order valence-electron chi connectivity index (χ4n) is 16.3. The van der Waals surface area contributed by atoms with Crippen molar-refractivity contribution in [1.82, 2.24) is 0 Å². The molecule has 27 nitrogen and oxygen atoms in total. The first-order valence-electron chi connectivity index (χ1n) is 43.9. The van der Waals surface area contributed by atoms with E-state index in [9.17, 15) is 58.5 Å². The van der Waals surface area contributed by atoms with Gasteiger partial charge >= 0.3 is 59.7 Å². The van der Waals surface area contributed by atoms with E-state index in [0.29, 0.717) is 63.2 Å². The summed E-state index contributed by atoms with van der Waals surface area (Å²) in [6.45, 7) is 46.3. The largest absolute Gasteiger partial charge is 0.508 e. The number of nitriles is 2. The van der Waals surface area contributed by atoms with Gasteiger partial charge in [0, 0.05) is 29.1 Å². The average Bonchev–Trinajstić information content (AvgIpc) is 1.54. The van der Waals surface area contributed by atoms with Crippen molar-refractivity contribution in [2.24, 2.45) is 89.2 Å². The zero-order chi connectivity index (χ0) is 91.5. The number of nitrogens with zero attached hydrogens (tertiary/aromatic N) is 2. The molecule has 12 atom stereocenters. The lowest BCUT2D eigenvalue weighted by molar-refractivity contribution is -0.240. The van der Waals surface area contributed by atoms with Crippen molar-refractivity contribution >= 4 is 59.7 Å². The van der Waals surface area contributed by atoms with Crippen molar-refractivity contribution in [2.45, 2.75) is 337 Å². The van der Waals surface area contributed by atoms with Crippen LogP contribution in [0.4, 0.5) is 0 Å². The van der Waals surface area contributed by atoms with E-state index in [1.165, 1.54) is 37.1 Å². The summed E-state index contributed by atoms with van der Waals surface area (Å²) in [4.78, 5) is 120. The molecular weight excluding hydrogens is 1570 g/mol. The van der Waals surface area contributed by atoms with Crippen molar-refractivity contribution in [3.05, 3.63) is 48.5 Å². The van der Waals surface area contributed by atoms with Gasteiger partial charge in [-0.3, -0.25) is 38.4 Å². The summed E-state index contributed by atoms with van der Waals surface area (Å²) in [6, 6.07) is 16.5. The molecule has 2 aromatic rings. The first-order valence-corrected chi connectivity index (χ1v) is 43.9. The summed E-state index contributed by atoms with van der Waals surface area (Å²) in [5.74, 6) is -1.84. The van der Waals surface area contributed by atoms with E-state index < -0.39 is 110 Å². The number of carbonyl (C=O) groups is 10. The number of fused-ring (bicyclic) bond motifs is 6. The Morgan fingerprint density at radius 2 is 0.779 bits per heavy atom. The Bertz CT molecular complexity index is 3820. The van der Waals surface area contributed by atoms with E-state index in [2.05, 4.69) is 53.7 Å². The van der Waals surface area contributed by atoms with Gasteiger partial charge in [0.25, 0.3) is 0 Å². The molecule has 0 aromatic heterocycles. The van der Waals surface area contributed by atoms with Gasteiger partial charge in [-0.1, -0.05) is 83.1 Å². The van der Waals surface area contributed by atoms with Crippen LogP contribution in [-0.2, 0) is 100 Å². The van der Waals surface area contributed by atoms with Crippen LogP contribution in [0.1, 0.15) is 288 Å². The maximum absolute atomic E-state index is 12.3. The van der Waals surface area contributed by atoms with Gasteiger partial charge in [-0.2, -0.15) is 10.5 Å². The smallest absolute Gasteiger partial charge is 0.346 e. The second-order valence-electron chi connectivity index (χ2n) is 41.4. The van der Waals surface area contributed by atoms with Gasteiger partial charge in [0.2, 0.25) is 12.6 Å². The molecule has 4 aliphatic heterocycles. The molecule has 4 saturated heterocycles. The maximum atomic E-state index is 12.3. The Hall–Kier alpha value is -8.40. The number of hydrogen-bond donors (Lipinski definition) is 2. The van der Waals surface area contributed by atoms with Gasteiger partial charge in [-0.25, -0.2) is 9.59 Å². The second-order valence-corrected chi connectivity index (χ2v) is 41.4. The number of phenols is 2. The minimum Gasteiger partial charge on any atom is -0.508 e. The third-order valence-electron chi connectivity index (χ3n) is 27.1. The van der Waals surface area contributed by atoms with Crippen LogP contribution >= 0.6 is 0 Å². The van der Waals surface area contributed by atoms with Gasteiger partial charge in [0.05, 0.1) is 63.9 Å². The number of aromatic hydroxyl groups is 2. The molecule has 6 saturated carbocycles. The molecule has 2 N–H and O–H groups in total. The first kappa shape index (κ1) is 101. The molecular formula is C95H140N2O25. The Morgan fingerprint density at radius 1 is 0.451 bits per heavy atom. The van der Waals surface area contributed by atoms with Crippen LogP contribution in [0.3, 0.4) is 0 Å². The summed E-state index contributed by atoms with van der Waals surface area (Å²) in [5.41, 5.74) is -5.85. The lowest BCUT2D eigenvalue weighted by atomic mass is 9.74. The van der Waals surface area contributed by atoms with Crippen LogP contribution in [0.2, 0.25) is 0 Å². The Morgan fingerprint density at radius 3 is 1.08 bits per heavy atom. The molecule has 0 amide bonds. The lowest BCUT2D eigenvalue weighted by Crippen LogP contribution is -2.46. The monoisotopic (exact) mass is 1710 g/mol. The highest BCUT2D eigenvalue weighted by Gasteiger charge is 2.74. The number of esters is 10. The Kier molecular flexibility index (Phi) is 32.9. The van der Waals surface area contributed by atoms with Crippen molar-refractivity contribution in [3.63, 3.8) is 0 Å². The molecule has 10 fully saturated rings. The van der Waals surface area contributed by atoms with Crippen LogP contribution in [0, 0.1) is 112 Å². The summed E-state index contributed by atoms with van der Waals surface area (Å²) in [6.07, 6.45) is 13.0. The molecule has 27 heteroatoms. The molecule has 0 spiro atoms. The number of carbonyl (C=O) groups excluding carboxylic acids is 10. The third kappa shape index (κ3) is 24.2. The molecule has 680 valence electrons. The zero-order valence-corrected chi connectivity index (χ0v) is 77.0. The second kappa shape index (κ2) is 39.8. The molecule has 12 unspecified atom stereocenters. The predicted octanol–water partition coefficient (Wildman–Crippen LogP) is 17.2. The van der Waals surface area contributed by atoms with Gasteiger partial charge < -0.3 is 71.8 Å². The van der Waals surface area contributed by atoms with Crippen molar-refractivity contribution in [2.75, 3.05) is 26.4 Å². The van der Waals surface area contributed by atoms with Gasteiger partial charge in [-0.15, -0.1) is 0 Å². The number of hydrogen-bond acceptors (Lipinski definition) is 27. The molecule has 0 radical (unpaired) electrons. The summed E-state index contributed by atoms with van der Waals surface area (Å²) in [5, 5.41) is 36.7. The van der Waals surface area contributed by atoms with Crippen LogP contribution in [0.15, 0.2) is 48.5 Å². The lowest BCUT2D eigenvalue weighted by Gasteiger charge is -2.36. The number of phenolic OH excluding ortho intramolecular Hbond substituents is 2. The molecule has 6 aliphatic carbocycles. The molecule has 122 heavy (non-hydrogen) atoms. The molecule has 4 heterocycles. The first-order chi connectivity index (χ1) is 56.6. The zero-order valence-electron chi connectivity index (χ0n) is 77.0. The maximum Gasteiger partial charge on any atom is 0.346 e. The van der Waals surface area contributed by atoms with Crippen LogP contribution in [0.25, 0.3) is 0 Å². The highest BCUT2D eigenvalue weighted by Crippen LogP contribution is 2.64. The SMILES string of the molecule is CCC(C)(C)C(=O)OC1C2CC3C1OC(=O)C3(C#N)C2.CCC(C)(C)C(=O)OC1C2CC3C1OC(=O)C3(C#N)C2.CCC(C)(C)C(=O)OCC(=O)OC(OCC(C)(C)C)C12CCC(CC1)C2.CCC(C)(C)C(=O)OCC(=O)OC(OCC(C)(C)C)C12CCC(CC1)O2.CCC(C)(C)C(=O)Oc1ccc(O)cc1.CCC(C)(C)C(=O)Oc1ccc(O)cc1. The molecule has 10 aliphatic rings. The van der Waals surface area contributed by atoms with Crippen LogP contribution in [-0.4, -0.2) is 145 Å². The highest BCUT2D eigenvalue weighted by molar-refractivity contribution is 5.86. The van der Waals surface area contributed by atoms with Crippen molar-refractivity contribution in [1.29, 1.82) is 10.5 Å². The molecule has 2 aromatic carbocycles. The average molecular weight is 1710 g/mol.